The lowest BCUT2D eigenvalue weighted by molar-refractivity contribution is -0.161. The van der Waals surface area contributed by atoms with Gasteiger partial charge in [0.2, 0.25) is 0 Å². The van der Waals surface area contributed by atoms with Gasteiger partial charge in [-0.15, -0.1) is 0 Å². The molecular weight excluding hydrogens is 1430 g/mol. The molecule has 0 aromatic heterocycles. The lowest BCUT2D eigenvalue weighted by Gasteiger charge is -2.21. The maximum atomic E-state index is 13.1. The van der Waals surface area contributed by atoms with E-state index in [1.54, 1.807) is 0 Å². The van der Waals surface area contributed by atoms with Crippen molar-refractivity contribution in [1.29, 1.82) is 0 Å². The van der Waals surface area contributed by atoms with Crippen LogP contribution in [0.2, 0.25) is 0 Å². The topological polar surface area (TPSA) is 237 Å². The minimum absolute atomic E-state index is 0.0102. The van der Waals surface area contributed by atoms with Gasteiger partial charge in [0.15, 0.2) is 12.2 Å². The third-order valence-corrected chi connectivity index (χ3v) is 18.7. The zero-order chi connectivity index (χ0) is 80.3. The summed E-state index contributed by atoms with van der Waals surface area (Å²) in [4.78, 5) is 73.1. The fourth-order valence-electron chi connectivity index (χ4n) is 10.5. The van der Waals surface area contributed by atoms with E-state index in [9.17, 15) is 43.2 Å². The molecule has 0 heterocycles. The van der Waals surface area contributed by atoms with E-state index in [2.05, 4.69) is 180 Å². The largest absolute Gasteiger partial charge is 0.472 e. The van der Waals surface area contributed by atoms with E-state index >= 15 is 0 Å². The summed E-state index contributed by atoms with van der Waals surface area (Å²) < 4.78 is 68.6. The van der Waals surface area contributed by atoms with Gasteiger partial charge >= 0.3 is 39.5 Å². The number of aliphatic hydroxyl groups is 1. The summed E-state index contributed by atoms with van der Waals surface area (Å²) in [5, 5.41) is 10.7. The summed E-state index contributed by atoms with van der Waals surface area (Å²) in [7, 11) is -10.0. The van der Waals surface area contributed by atoms with E-state index in [0.29, 0.717) is 38.5 Å². The van der Waals surface area contributed by atoms with E-state index in [0.717, 1.165) is 154 Å². The van der Waals surface area contributed by atoms with E-state index in [1.807, 2.05) is 30.4 Å². The van der Waals surface area contributed by atoms with Gasteiger partial charge in [0.1, 0.15) is 19.3 Å². The van der Waals surface area contributed by atoms with Gasteiger partial charge in [-0.3, -0.25) is 37.3 Å². The van der Waals surface area contributed by atoms with Crippen molar-refractivity contribution in [2.24, 2.45) is 0 Å². The highest BCUT2D eigenvalue weighted by Gasteiger charge is 2.30. The Bertz CT molecular complexity index is 2800. The average molecular weight is 1580 g/mol. The minimum Gasteiger partial charge on any atom is -0.462 e. The smallest absolute Gasteiger partial charge is 0.462 e. The summed E-state index contributed by atoms with van der Waals surface area (Å²) in [6, 6.07) is 0. The fraction of sp³-hybridized carbons (Fsp3) is 0.626. The predicted octanol–water partition coefficient (Wildman–Crippen LogP) is 25.1. The van der Waals surface area contributed by atoms with Crippen LogP contribution in [0.25, 0.3) is 0 Å². The molecule has 0 radical (unpaired) electrons. The number of aliphatic hydroxyl groups excluding tert-OH is 1. The maximum absolute atomic E-state index is 13.1. The molecule has 0 aromatic rings. The zero-order valence-corrected chi connectivity index (χ0v) is 70.1. The number of hydrogen-bond donors (Lipinski definition) is 3. The number of carbonyl (C=O) groups is 4. The molecule has 0 rings (SSSR count). The van der Waals surface area contributed by atoms with Crippen LogP contribution in [0.15, 0.2) is 182 Å². The number of carbonyl (C=O) groups excluding carboxylic acids is 4. The third-order valence-electron chi connectivity index (χ3n) is 16.8. The Morgan fingerprint density at radius 1 is 0.264 bits per heavy atom. The summed E-state index contributed by atoms with van der Waals surface area (Å²) in [5.41, 5.74) is 0. The molecule has 624 valence electrons. The molecule has 0 saturated heterocycles. The van der Waals surface area contributed by atoms with Gasteiger partial charge in [0, 0.05) is 25.7 Å². The van der Waals surface area contributed by atoms with Crippen LogP contribution < -0.4 is 0 Å². The van der Waals surface area contributed by atoms with E-state index in [1.165, 1.54) is 64.2 Å². The van der Waals surface area contributed by atoms with E-state index < -0.39 is 97.5 Å². The Morgan fingerprint density at radius 3 is 0.845 bits per heavy atom. The van der Waals surface area contributed by atoms with Gasteiger partial charge in [-0.25, -0.2) is 9.13 Å². The van der Waals surface area contributed by atoms with Crippen molar-refractivity contribution in [3.05, 3.63) is 182 Å². The lowest BCUT2D eigenvalue weighted by Crippen LogP contribution is -2.30. The maximum Gasteiger partial charge on any atom is 0.472 e. The highest BCUT2D eigenvalue weighted by Crippen LogP contribution is 2.45. The number of phosphoric acid groups is 2. The summed E-state index contributed by atoms with van der Waals surface area (Å²) in [5.74, 6) is -2.39. The van der Waals surface area contributed by atoms with Crippen LogP contribution in [0.4, 0.5) is 0 Å². The normalized spacial score (nSPS) is 14.7. The van der Waals surface area contributed by atoms with Crippen LogP contribution in [0, 0.1) is 0 Å². The third kappa shape index (κ3) is 80.2. The first kappa shape index (κ1) is 104. The quantitative estimate of drug-likeness (QED) is 0.0169. The number of ether oxygens (including phenoxy) is 4. The first-order valence-electron chi connectivity index (χ1n) is 42.0. The van der Waals surface area contributed by atoms with E-state index in [4.69, 9.17) is 37.0 Å². The molecule has 0 aliphatic heterocycles. The number of allylic oxidation sites excluding steroid dienone is 30. The molecule has 17 nitrogen and oxygen atoms in total. The van der Waals surface area contributed by atoms with Crippen molar-refractivity contribution in [2.45, 2.75) is 329 Å². The van der Waals surface area contributed by atoms with Gasteiger partial charge in [-0.05, 0) is 173 Å². The summed E-state index contributed by atoms with van der Waals surface area (Å²) >= 11 is 0. The molecule has 0 aliphatic rings. The molecule has 0 spiro atoms. The molecule has 110 heavy (non-hydrogen) atoms. The second-order valence-corrected chi connectivity index (χ2v) is 30.2. The van der Waals surface area contributed by atoms with Gasteiger partial charge in [0.25, 0.3) is 0 Å². The van der Waals surface area contributed by atoms with Crippen LogP contribution in [-0.4, -0.2) is 96.7 Å². The van der Waals surface area contributed by atoms with Crippen molar-refractivity contribution in [2.75, 3.05) is 39.6 Å². The molecular formula is C91H148O17P2. The highest BCUT2D eigenvalue weighted by molar-refractivity contribution is 7.47. The Kier molecular flexibility index (Phi) is 76.9. The number of rotatable bonds is 77. The number of esters is 4. The molecule has 3 N–H and O–H groups in total. The molecule has 0 saturated carbocycles. The molecule has 19 heteroatoms. The molecule has 0 aliphatic carbocycles. The number of phosphoric ester groups is 2. The van der Waals surface area contributed by atoms with Crippen LogP contribution >= 0.6 is 15.6 Å². The Morgan fingerprint density at radius 2 is 0.500 bits per heavy atom. The SMILES string of the molecule is CC/C=C\C/C=C\C/C=C\C/C=C\C/C=C\CCCCCC(=O)OC[C@H](COP(=O)(O)OC[C@@H](O)COP(=O)(O)OC[C@@H](COC(=O)CCCCCCCCC/C=C\CCCCCC)OC(=O)CCC/C=C\C/C=C\C/C=C\C/C=C\CCCCC)OC(=O)CC/C=C\C/C=C\C/C=C\C/C=C\C/C=C\CCCCC. The highest BCUT2D eigenvalue weighted by atomic mass is 31.2. The van der Waals surface area contributed by atoms with Gasteiger partial charge in [-0.2, -0.15) is 0 Å². The fourth-order valence-corrected chi connectivity index (χ4v) is 12.0. The van der Waals surface area contributed by atoms with Crippen LogP contribution in [0.3, 0.4) is 0 Å². The van der Waals surface area contributed by atoms with Gasteiger partial charge < -0.3 is 33.8 Å². The second kappa shape index (κ2) is 81.2. The second-order valence-electron chi connectivity index (χ2n) is 27.3. The molecule has 0 aromatic carbocycles. The predicted molar refractivity (Wildman–Crippen MR) is 454 cm³/mol. The molecule has 0 fully saturated rings. The van der Waals surface area contributed by atoms with Crippen molar-refractivity contribution in [3.8, 4) is 0 Å². The number of hydrogen-bond acceptors (Lipinski definition) is 15. The first-order valence-corrected chi connectivity index (χ1v) is 45.0. The van der Waals surface area contributed by atoms with E-state index in [-0.39, 0.29) is 25.7 Å². The number of unbranched alkanes of at least 4 members (excludes halogenated alkanes) is 21. The summed E-state index contributed by atoms with van der Waals surface area (Å²) in [6.07, 6.45) is 98.8. The molecule has 2 unspecified atom stereocenters. The van der Waals surface area contributed by atoms with Gasteiger partial charge in [-0.1, -0.05) is 293 Å². The standard InChI is InChI=1S/C91H148O17P2/c1-5-9-13-17-21-25-29-33-37-40-42-45-48-52-56-60-64-68-72-76-89(94)102-82-87(108-91(96)78-74-70-66-62-58-54-50-46-43-41-38-34-30-26-22-18-14-10-6-2)84-106-110(99,100)104-80-85(92)79-103-109(97,98)105-83-86(81-101-88(93)75-71-67-63-59-55-51-47-36-32-28-24-20-16-12-8-4)107-90(95)77-73-69-65-61-57-53-49-44-39-35-31-27-23-19-15-11-7-3/h9,13,21-23,25-28,32-35,37-39,42-43,45-46,49,52-54,56,58,61,65-66,70,85-87,92H,5-8,10-12,14-20,24,29-31,36,40-41,44,47-48,50-51,55,57,59-60,62-64,67-69,71-84H2,1-4H3,(H,97,98)(H,99,100)/b13-9-,25-21-,26-22-,27-23-,32-28-,37-33-,38-34-,39-35-,45-42-,46-43-,53-49-,56-52-,58-54-,65-61-,70-66-/t85-,86+,87+/m0/s1. The van der Waals surface area contributed by atoms with Crippen molar-refractivity contribution in [1.82, 2.24) is 0 Å². The molecule has 5 atom stereocenters. The van der Waals surface area contributed by atoms with Gasteiger partial charge in [0.05, 0.1) is 26.4 Å². The average Bonchev–Trinajstić information content (AvgIpc) is 0.907. The van der Waals surface area contributed by atoms with Crippen LogP contribution in [-0.2, 0) is 65.4 Å². The Balaban J connectivity index is 5.55. The minimum atomic E-state index is -5.02. The van der Waals surface area contributed by atoms with Crippen molar-refractivity contribution >= 4 is 39.5 Å². The first-order chi connectivity index (χ1) is 53.7. The Hall–Kier alpha value is -5.84. The zero-order valence-electron chi connectivity index (χ0n) is 68.4. The monoisotopic (exact) mass is 1580 g/mol. The molecule has 0 bridgehead atoms. The summed E-state index contributed by atoms with van der Waals surface area (Å²) in [6.45, 7) is 4.50. The van der Waals surface area contributed by atoms with Crippen molar-refractivity contribution < 1.29 is 80.2 Å². The van der Waals surface area contributed by atoms with Crippen LogP contribution in [0.5, 0.6) is 0 Å². The van der Waals surface area contributed by atoms with Crippen molar-refractivity contribution in [3.63, 3.8) is 0 Å². The Labute approximate surface area is 666 Å². The molecule has 0 amide bonds. The lowest BCUT2D eigenvalue weighted by atomic mass is 10.1. The van der Waals surface area contributed by atoms with Crippen LogP contribution in [0.1, 0.15) is 310 Å².